The summed E-state index contributed by atoms with van der Waals surface area (Å²) in [6.07, 6.45) is -4.88. The van der Waals surface area contributed by atoms with Crippen molar-refractivity contribution >= 4 is 39.1 Å². The maximum Gasteiger partial charge on any atom is 0.417 e. The number of nitrogens with one attached hydrogen (secondary N) is 1. The Morgan fingerprint density at radius 1 is 0.953 bits per heavy atom. The number of halogens is 4. The van der Waals surface area contributed by atoms with E-state index in [9.17, 15) is 31.2 Å². The number of amides is 2. The molecule has 0 aliphatic carbocycles. The smallest absolute Gasteiger partial charge is 0.354 e. The molecule has 1 atom stereocenters. The van der Waals surface area contributed by atoms with E-state index in [2.05, 4.69) is 5.32 Å². The number of sulfonamides is 1. The lowest BCUT2D eigenvalue weighted by Gasteiger charge is -2.32. The van der Waals surface area contributed by atoms with Crippen LogP contribution in [-0.2, 0) is 32.3 Å². The summed E-state index contributed by atoms with van der Waals surface area (Å²) in [6.45, 7) is 8.39. The standard InChI is InChI=1S/C31H35ClF3N3O4S/c1-20(2)17-36-30(40)23(5)37(18-24-9-7-6-8-22(24)4)29(39)19-38(43(41,42)26-13-10-21(3)11-14-26)25-12-15-28(32)27(16-25)31(33,34)35/h6-16,20,23H,17-19H2,1-5H3,(H,36,40)/t23-/m1/s1. The number of rotatable bonds is 11. The summed E-state index contributed by atoms with van der Waals surface area (Å²) in [5, 5.41) is 2.17. The van der Waals surface area contributed by atoms with Crippen molar-refractivity contribution in [3.63, 3.8) is 0 Å². The van der Waals surface area contributed by atoms with Crippen molar-refractivity contribution in [3.8, 4) is 0 Å². The SMILES string of the molecule is Cc1ccc(S(=O)(=O)N(CC(=O)N(Cc2ccccc2C)[C@H](C)C(=O)NCC(C)C)c2ccc(Cl)c(C(F)(F)F)c2)cc1. The first kappa shape index (κ1) is 33.9. The van der Waals surface area contributed by atoms with Gasteiger partial charge in [-0.15, -0.1) is 0 Å². The van der Waals surface area contributed by atoms with Crippen LogP contribution in [-0.4, -0.2) is 44.3 Å². The highest BCUT2D eigenvalue weighted by molar-refractivity contribution is 7.92. The molecular weight excluding hydrogens is 603 g/mol. The maximum atomic E-state index is 14.0. The van der Waals surface area contributed by atoms with Crippen molar-refractivity contribution in [2.24, 2.45) is 5.92 Å². The van der Waals surface area contributed by atoms with Gasteiger partial charge in [0.15, 0.2) is 0 Å². The summed E-state index contributed by atoms with van der Waals surface area (Å²) >= 11 is 5.82. The molecule has 3 aromatic rings. The quantitative estimate of drug-likeness (QED) is 0.265. The third kappa shape index (κ3) is 8.51. The zero-order chi connectivity index (χ0) is 32.1. The number of anilines is 1. The van der Waals surface area contributed by atoms with Gasteiger partial charge in [-0.1, -0.05) is 67.4 Å². The van der Waals surface area contributed by atoms with Gasteiger partial charge in [-0.3, -0.25) is 13.9 Å². The number of carbonyl (C=O) groups excluding carboxylic acids is 2. The van der Waals surface area contributed by atoms with Crippen LogP contribution in [0.3, 0.4) is 0 Å². The van der Waals surface area contributed by atoms with Gasteiger partial charge >= 0.3 is 6.18 Å². The summed E-state index contributed by atoms with van der Waals surface area (Å²) in [4.78, 5) is 28.1. The highest BCUT2D eigenvalue weighted by Gasteiger charge is 2.37. The highest BCUT2D eigenvalue weighted by Crippen LogP contribution is 2.38. The van der Waals surface area contributed by atoms with E-state index in [0.29, 0.717) is 16.9 Å². The van der Waals surface area contributed by atoms with Crippen LogP contribution in [0.15, 0.2) is 71.6 Å². The van der Waals surface area contributed by atoms with E-state index >= 15 is 0 Å². The molecule has 0 aliphatic rings. The molecule has 0 bridgehead atoms. The van der Waals surface area contributed by atoms with E-state index in [1.54, 1.807) is 31.2 Å². The van der Waals surface area contributed by atoms with Crippen LogP contribution in [0, 0.1) is 19.8 Å². The van der Waals surface area contributed by atoms with Gasteiger partial charge in [0.2, 0.25) is 11.8 Å². The molecule has 2 amide bonds. The fourth-order valence-corrected chi connectivity index (χ4v) is 5.89. The molecule has 0 fully saturated rings. The van der Waals surface area contributed by atoms with E-state index in [4.69, 9.17) is 11.6 Å². The molecule has 3 aromatic carbocycles. The monoisotopic (exact) mass is 637 g/mol. The van der Waals surface area contributed by atoms with Crippen molar-refractivity contribution in [1.29, 1.82) is 0 Å². The van der Waals surface area contributed by atoms with Gasteiger partial charge in [0.05, 0.1) is 21.2 Å². The predicted molar refractivity (Wildman–Crippen MR) is 161 cm³/mol. The van der Waals surface area contributed by atoms with Crippen LogP contribution in [0.1, 0.15) is 43.0 Å². The molecule has 0 aliphatic heterocycles. The van der Waals surface area contributed by atoms with Gasteiger partial charge in [-0.25, -0.2) is 8.42 Å². The van der Waals surface area contributed by atoms with Gasteiger partial charge in [0, 0.05) is 13.1 Å². The van der Waals surface area contributed by atoms with Crippen LogP contribution in [0.4, 0.5) is 18.9 Å². The van der Waals surface area contributed by atoms with Crippen molar-refractivity contribution < 1.29 is 31.2 Å². The van der Waals surface area contributed by atoms with Crippen LogP contribution in [0.25, 0.3) is 0 Å². The zero-order valence-electron chi connectivity index (χ0n) is 24.6. The predicted octanol–water partition coefficient (Wildman–Crippen LogP) is 6.36. The summed E-state index contributed by atoms with van der Waals surface area (Å²) < 4.78 is 69.8. The van der Waals surface area contributed by atoms with E-state index < -0.39 is 56.9 Å². The molecule has 0 heterocycles. The lowest BCUT2D eigenvalue weighted by Crippen LogP contribution is -2.51. The Morgan fingerprint density at radius 2 is 1.58 bits per heavy atom. The molecule has 0 aromatic heterocycles. The van der Waals surface area contributed by atoms with Crippen molar-refractivity contribution in [2.75, 3.05) is 17.4 Å². The van der Waals surface area contributed by atoms with Gasteiger partial charge in [0.1, 0.15) is 12.6 Å². The molecule has 3 rings (SSSR count). The summed E-state index contributed by atoms with van der Waals surface area (Å²) in [5.74, 6) is -1.09. The number of carbonyl (C=O) groups is 2. The third-order valence-electron chi connectivity index (χ3n) is 6.88. The Kier molecular flexibility index (Phi) is 10.9. The lowest BCUT2D eigenvalue weighted by molar-refractivity contribution is -0.139. The fourth-order valence-electron chi connectivity index (χ4n) is 4.26. The largest absolute Gasteiger partial charge is 0.417 e. The first-order chi connectivity index (χ1) is 20.0. The molecule has 43 heavy (non-hydrogen) atoms. The molecule has 0 radical (unpaired) electrons. The van der Waals surface area contributed by atoms with Crippen LogP contribution in [0.2, 0.25) is 5.02 Å². The van der Waals surface area contributed by atoms with E-state index in [0.717, 1.165) is 28.8 Å². The van der Waals surface area contributed by atoms with Crippen molar-refractivity contribution in [1.82, 2.24) is 10.2 Å². The number of aryl methyl sites for hydroxylation is 2. The molecule has 7 nitrogen and oxygen atoms in total. The summed E-state index contributed by atoms with van der Waals surface area (Å²) in [6, 6.07) is 14.6. The van der Waals surface area contributed by atoms with Gasteiger partial charge in [-0.2, -0.15) is 13.2 Å². The molecule has 12 heteroatoms. The lowest BCUT2D eigenvalue weighted by atomic mass is 10.1. The number of nitrogens with zero attached hydrogens (tertiary/aromatic N) is 2. The first-order valence-corrected chi connectivity index (χ1v) is 15.4. The Balaban J connectivity index is 2.12. The molecule has 0 saturated heterocycles. The second-order valence-electron chi connectivity index (χ2n) is 10.7. The maximum absolute atomic E-state index is 14.0. The highest BCUT2D eigenvalue weighted by atomic mass is 35.5. The zero-order valence-corrected chi connectivity index (χ0v) is 26.1. The number of hydrogen-bond acceptors (Lipinski definition) is 4. The molecular formula is C31H35ClF3N3O4S. The average molecular weight is 638 g/mol. The number of benzene rings is 3. The van der Waals surface area contributed by atoms with Crippen LogP contribution >= 0.6 is 11.6 Å². The second-order valence-corrected chi connectivity index (χ2v) is 13.0. The van der Waals surface area contributed by atoms with Crippen molar-refractivity contribution in [2.45, 2.75) is 58.3 Å². The average Bonchev–Trinajstić information content (AvgIpc) is 2.93. The van der Waals surface area contributed by atoms with E-state index in [1.165, 1.54) is 24.0 Å². The molecule has 0 unspecified atom stereocenters. The Hall–Kier alpha value is -3.57. The minimum absolute atomic E-state index is 0.0331. The summed E-state index contributed by atoms with van der Waals surface area (Å²) in [5.41, 5.74) is 0.669. The van der Waals surface area contributed by atoms with E-state index in [-0.39, 0.29) is 17.4 Å². The van der Waals surface area contributed by atoms with Gasteiger partial charge in [-0.05, 0) is 68.1 Å². The first-order valence-electron chi connectivity index (χ1n) is 13.6. The Morgan fingerprint density at radius 3 is 2.16 bits per heavy atom. The van der Waals surface area contributed by atoms with Crippen LogP contribution in [0.5, 0.6) is 0 Å². The second kappa shape index (κ2) is 13.8. The fraction of sp³-hybridized carbons (Fsp3) is 0.355. The Labute approximate surface area is 255 Å². The third-order valence-corrected chi connectivity index (χ3v) is 9.00. The van der Waals surface area contributed by atoms with Crippen molar-refractivity contribution in [3.05, 3.63) is 94.0 Å². The Bertz CT molecular complexity index is 1560. The minimum Gasteiger partial charge on any atom is -0.354 e. The topological polar surface area (TPSA) is 86.8 Å². The minimum atomic E-state index is -4.88. The molecule has 232 valence electrons. The molecule has 0 saturated carbocycles. The number of hydrogen-bond donors (Lipinski definition) is 1. The number of alkyl halides is 3. The summed E-state index contributed by atoms with van der Waals surface area (Å²) in [7, 11) is -4.55. The van der Waals surface area contributed by atoms with E-state index in [1.807, 2.05) is 32.9 Å². The van der Waals surface area contributed by atoms with Gasteiger partial charge < -0.3 is 10.2 Å². The molecule has 1 N–H and O–H groups in total. The van der Waals surface area contributed by atoms with Crippen LogP contribution < -0.4 is 9.62 Å². The normalized spacial score (nSPS) is 12.6. The van der Waals surface area contributed by atoms with Gasteiger partial charge in [0.25, 0.3) is 10.0 Å². The molecule has 0 spiro atoms.